The Hall–Kier alpha value is -2.93. The highest BCUT2D eigenvalue weighted by atomic mass is 35.5. The van der Waals surface area contributed by atoms with Crippen LogP contribution in [-0.4, -0.2) is 29.9 Å². The molecule has 2 aromatic rings. The molecule has 0 bridgehead atoms. The van der Waals surface area contributed by atoms with Gasteiger partial charge in [0.1, 0.15) is 6.42 Å². The zero-order valence-electron chi connectivity index (χ0n) is 13.4. The Kier molecular flexibility index (Phi) is 6.47. The first-order valence-electron chi connectivity index (χ1n) is 7.34. The number of methoxy groups -OCH3 is 1. The molecule has 0 spiro atoms. The summed E-state index contributed by atoms with van der Waals surface area (Å²) in [6.07, 6.45) is 1.23. The number of carbonyl (C=O) groups excluding carboxylic acids is 3. The van der Waals surface area contributed by atoms with Gasteiger partial charge in [-0.1, -0.05) is 17.7 Å². The number of nitrogens with zero attached hydrogens (tertiary/aromatic N) is 1. The van der Waals surface area contributed by atoms with E-state index < -0.39 is 17.8 Å². The van der Waals surface area contributed by atoms with E-state index in [-0.39, 0.29) is 29.2 Å². The molecule has 25 heavy (non-hydrogen) atoms. The monoisotopic (exact) mass is 361 g/mol. The van der Waals surface area contributed by atoms with E-state index in [0.717, 1.165) is 0 Å². The number of aromatic nitrogens is 1. The van der Waals surface area contributed by atoms with Crippen molar-refractivity contribution in [2.75, 3.05) is 12.4 Å². The number of halogens is 1. The normalized spacial score (nSPS) is 10.0. The summed E-state index contributed by atoms with van der Waals surface area (Å²) in [5.74, 6) is -1.56. The first-order valence-corrected chi connectivity index (χ1v) is 7.71. The number of hydrogen-bond acceptors (Lipinski definition) is 5. The quantitative estimate of drug-likeness (QED) is 0.607. The highest BCUT2D eigenvalue weighted by Crippen LogP contribution is 2.23. The van der Waals surface area contributed by atoms with Gasteiger partial charge in [0.2, 0.25) is 11.8 Å². The largest absolute Gasteiger partial charge is 0.465 e. The Bertz CT molecular complexity index is 781. The number of anilines is 1. The molecule has 2 amide bonds. The smallest absolute Gasteiger partial charge is 0.337 e. The molecular formula is C17H16ClN3O4. The van der Waals surface area contributed by atoms with Gasteiger partial charge in [-0.15, -0.1) is 0 Å². The van der Waals surface area contributed by atoms with Crippen LogP contribution in [0.25, 0.3) is 0 Å². The Balaban J connectivity index is 1.91. The number of hydrogen-bond donors (Lipinski definition) is 2. The average molecular weight is 362 g/mol. The van der Waals surface area contributed by atoms with Crippen molar-refractivity contribution in [1.29, 1.82) is 0 Å². The molecule has 0 aliphatic carbocycles. The van der Waals surface area contributed by atoms with E-state index in [1.165, 1.54) is 25.3 Å². The number of pyridine rings is 1. The Labute approximate surface area is 149 Å². The van der Waals surface area contributed by atoms with Crippen molar-refractivity contribution in [1.82, 2.24) is 10.3 Å². The number of rotatable bonds is 6. The summed E-state index contributed by atoms with van der Waals surface area (Å²) >= 11 is 5.99. The van der Waals surface area contributed by atoms with Gasteiger partial charge in [-0.25, -0.2) is 4.79 Å². The number of esters is 1. The van der Waals surface area contributed by atoms with Gasteiger partial charge in [-0.2, -0.15) is 0 Å². The van der Waals surface area contributed by atoms with E-state index in [0.29, 0.717) is 5.69 Å². The van der Waals surface area contributed by atoms with E-state index in [1.807, 2.05) is 0 Å². The van der Waals surface area contributed by atoms with E-state index in [1.54, 1.807) is 24.4 Å². The fourth-order valence-electron chi connectivity index (χ4n) is 1.96. The van der Waals surface area contributed by atoms with Gasteiger partial charge >= 0.3 is 5.97 Å². The molecule has 0 aliphatic rings. The minimum atomic E-state index is -0.555. The molecule has 7 nitrogen and oxygen atoms in total. The summed E-state index contributed by atoms with van der Waals surface area (Å²) in [6, 6.07) is 9.66. The van der Waals surface area contributed by atoms with Crippen molar-refractivity contribution >= 4 is 35.1 Å². The van der Waals surface area contributed by atoms with Crippen LogP contribution in [0.3, 0.4) is 0 Å². The van der Waals surface area contributed by atoms with Gasteiger partial charge in [-0.05, 0) is 30.3 Å². The molecule has 0 aliphatic heterocycles. The van der Waals surface area contributed by atoms with Crippen molar-refractivity contribution < 1.29 is 19.1 Å². The molecule has 0 fully saturated rings. The van der Waals surface area contributed by atoms with Crippen molar-refractivity contribution in [2.24, 2.45) is 0 Å². The average Bonchev–Trinajstić information content (AvgIpc) is 2.62. The lowest BCUT2D eigenvalue weighted by atomic mass is 10.2. The van der Waals surface area contributed by atoms with E-state index in [4.69, 9.17) is 11.6 Å². The highest BCUT2D eigenvalue weighted by molar-refractivity contribution is 6.34. The Morgan fingerprint density at radius 3 is 2.64 bits per heavy atom. The van der Waals surface area contributed by atoms with Gasteiger partial charge in [0.15, 0.2) is 0 Å². The lowest BCUT2D eigenvalue weighted by Gasteiger charge is -2.09. The molecular weight excluding hydrogens is 346 g/mol. The first kappa shape index (κ1) is 18.4. The molecule has 2 rings (SSSR count). The lowest BCUT2D eigenvalue weighted by Crippen LogP contribution is -2.28. The predicted octanol–water partition coefficient (Wildman–Crippen LogP) is 2.17. The third-order valence-corrected chi connectivity index (χ3v) is 3.51. The van der Waals surface area contributed by atoms with Gasteiger partial charge in [-0.3, -0.25) is 14.6 Å². The molecule has 0 saturated heterocycles. The first-order chi connectivity index (χ1) is 12.0. The zero-order chi connectivity index (χ0) is 18.2. The minimum Gasteiger partial charge on any atom is -0.465 e. The predicted molar refractivity (Wildman–Crippen MR) is 92.1 cm³/mol. The van der Waals surface area contributed by atoms with Crippen molar-refractivity contribution in [3.05, 3.63) is 58.9 Å². The fraction of sp³-hybridized carbons (Fsp3) is 0.176. The van der Waals surface area contributed by atoms with Crippen LogP contribution in [0.5, 0.6) is 0 Å². The second-order valence-electron chi connectivity index (χ2n) is 5.01. The van der Waals surface area contributed by atoms with Gasteiger partial charge in [0, 0.05) is 6.20 Å². The second-order valence-corrected chi connectivity index (χ2v) is 5.42. The van der Waals surface area contributed by atoms with Gasteiger partial charge < -0.3 is 15.4 Å². The molecule has 2 N–H and O–H groups in total. The summed E-state index contributed by atoms with van der Waals surface area (Å²) in [7, 11) is 1.25. The van der Waals surface area contributed by atoms with Crippen LogP contribution in [0, 0.1) is 0 Å². The summed E-state index contributed by atoms with van der Waals surface area (Å²) in [5, 5.41) is 5.35. The van der Waals surface area contributed by atoms with Crippen molar-refractivity contribution in [2.45, 2.75) is 13.0 Å². The molecule has 0 atom stereocenters. The second kappa shape index (κ2) is 8.79. The fourth-order valence-corrected chi connectivity index (χ4v) is 2.13. The van der Waals surface area contributed by atoms with Crippen LogP contribution in [0.4, 0.5) is 5.69 Å². The number of carbonyl (C=O) groups is 3. The molecule has 1 aromatic heterocycles. The summed E-state index contributed by atoms with van der Waals surface area (Å²) in [6.45, 7) is 0.228. The highest BCUT2D eigenvalue weighted by Gasteiger charge is 2.14. The maximum absolute atomic E-state index is 12.0. The number of ether oxygens (including phenoxy) is 1. The third kappa shape index (κ3) is 5.58. The van der Waals surface area contributed by atoms with Crippen LogP contribution in [0.2, 0.25) is 5.02 Å². The molecule has 8 heteroatoms. The number of benzene rings is 1. The number of nitrogens with one attached hydrogen (secondary N) is 2. The molecule has 0 saturated carbocycles. The number of amides is 2. The summed E-state index contributed by atoms with van der Waals surface area (Å²) in [5.41, 5.74) is 1.15. The maximum atomic E-state index is 12.0. The minimum absolute atomic E-state index is 0.228. The van der Waals surface area contributed by atoms with Crippen LogP contribution in [0.15, 0.2) is 42.6 Å². The van der Waals surface area contributed by atoms with Crippen molar-refractivity contribution in [3.8, 4) is 0 Å². The standard InChI is InChI=1S/C17H16ClN3O4/c1-25-17(24)11-5-6-13(18)14(8-11)21-16(23)9-15(22)20-10-12-4-2-3-7-19-12/h2-8H,9-10H2,1H3,(H,20,22)(H,21,23). The van der Waals surface area contributed by atoms with Gasteiger partial charge in [0.05, 0.1) is 35.6 Å². The Morgan fingerprint density at radius 2 is 1.96 bits per heavy atom. The third-order valence-electron chi connectivity index (χ3n) is 3.18. The van der Waals surface area contributed by atoms with Crippen LogP contribution in [0.1, 0.15) is 22.5 Å². The SMILES string of the molecule is COC(=O)c1ccc(Cl)c(NC(=O)CC(=O)NCc2ccccn2)c1. The molecule has 0 radical (unpaired) electrons. The van der Waals surface area contributed by atoms with Crippen LogP contribution < -0.4 is 10.6 Å². The van der Waals surface area contributed by atoms with E-state index >= 15 is 0 Å². The molecule has 0 unspecified atom stereocenters. The molecule has 1 aromatic carbocycles. The van der Waals surface area contributed by atoms with Crippen molar-refractivity contribution in [3.63, 3.8) is 0 Å². The van der Waals surface area contributed by atoms with Gasteiger partial charge in [0.25, 0.3) is 0 Å². The topological polar surface area (TPSA) is 97.4 Å². The zero-order valence-corrected chi connectivity index (χ0v) is 14.2. The van der Waals surface area contributed by atoms with Crippen LogP contribution in [-0.2, 0) is 20.9 Å². The summed E-state index contributed by atoms with van der Waals surface area (Å²) in [4.78, 5) is 39.4. The summed E-state index contributed by atoms with van der Waals surface area (Å²) < 4.78 is 4.61. The lowest BCUT2D eigenvalue weighted by molar-refractivity contribution is -0.126. The molecule has 1 heterocycles. The van der Waals surface area contributed by atoms with Crippen LogP contribution >= 0.6 is 11.6 Å². The Morgan fingerprint density at radius 1 is 1.16 bits per heavy atom. The maximum Gasteiger partial charge on any atom is 0.337 e. The van der Waals surface area contributed by atoms with E-state index in [2.05, 4.69) is 20.4 Å². The molecule has 130 valence electrons. The van der Waals surface area contributed by atoms with E-state index in [9.17, 15) is 14.4 Å².